The van der Waals surface area contributed by atoms with Crippen LogP contribution in [0.15, 0.2) is 11.8 Å². The van der Waals surface area contributed by atoms with E-state index in [-0.39, 0.29) is 0 Å². The van der Waals surface area contributed by atoms with Gasteiger partial charge < -0.3 is 10.6 Å². The van der Waals surface area contributed by atoms with Crippen LogP contribution in [0.2, 0.25) is 0 Å². The molecule has 1 aliphatic rings. The molecule has 0 spiro atoms. The highest BCUT2D eigenvalue weighted by Crippen LogP contribution is 2.06. The van der Waals surface area contributed by atoms with Crippen LogP contribution in [0.4, 0.5) is 0 Å². The Hall–Kier alpha value is -1.08. The average molecular weight is 206 g/mol. The lowest BCUT2D eigenvalue weighted by Gasteiger charge is -2.21. The van der Waals surface area contributed by atoms with Crippen molar-refractivity contribution in [3.63, 3.8) is 0 Å². The Morgan fingerprint density at radius 3 is 2.62 bits per heavy atom. The molecule has 1 atom stereocenters. The zero-order valence-electron chi connectivity index (χ0n) is 6.94. The Morgan fingerprint density at radius 1 is 1.62 bits per heavy atom. The molecule has 74 valence electrons. The molecular weight excluding hydrogens is 196 g/mol. The minimum absolute atomic E-state index is 0.444. The fraction of sp³-hybridized carbons (Fsp3) is 0.500. The molecule has 0 aliphatic carbocycles. The molecule has 0 aromatic carbocycles. The molecule has 0 aromatic heterocycles. The summed E-state index contributed by atoms with van der Waals surface area (Å²) in [4.78, 5) is 11.1. The Bertz CT molecular complexity index is 346. The van der Waals surface area contributed by atoms with Gasteiger partial charge in [-0.1, -0.05) is 6.92 Å². The molecule has 0 saturated heterocycles. The number of amides is 1. The molecule has 3 N–H and O–H groups in total. The van der Waals surface area contributed by atoms with Crippen LogP contribution in [-0.2, 0) is 14.9 Å². The largest absolute Gasteiger partial charge is 0.356 e. The first-order valence-electron chi connectivity index (χ1n) is 3.67. The van der Waals surface area contributed by atoms with Crippen LogP contribution in [0, 0.1) is 0 Å². The van der Waals surface area contributed by atoms with Gasteiger partial charge in [0.25, 0.3) is 5.91 Å². The molecule has 6 nitrogen and oxygen atoms in total. The second kappa shape index (κ2) is 3.35. The third kappa shape index (κ3) is 2.19. The zero-order chi connectivity index (χ0) is 10.1. The maximum atomic E-state index is 11.1. The summed E-state index contributed by atoms with van der Waals surface area (Å²) >= 11 is 0. The molecule has 0 aromatic rings. The maximum Gasteiger partial charge on any atom is 0.305 e. The molecule has 0 saturated carbocycles. The number of hydrogen-bond acceptors (Lipinski definition) is 4. The fourth-order valence-corrected chi connectivity index (χ4v) is 1.41. The van der Waals surface area contributed by atoms with Crippen molar-refractivity contribution in [1.82, 2.24) is 10.6 Å². The van der Waals surface area contributed by atoms with Gasteiger partial charge in [0, 0.05) is 11.8 Å². The van der Waals surface area contributed by atoms with Gasteiger partial charge in [-0.2, -0.15) is 8.42 Å². The van der Waals surface area contributed by atoms with Crippen molar-refractivity contribution in [1.29, 1.82) is 0 Å². The zero-order valence-corrected chi connectivity index (χ0v) is 7.76. The molecule has 0 fully saturated rings. The lowest BCUT2D eigenvalue weighted by atomic mass is 10.2. The highest BCUT2D eigenvalue weighted by atomic mass is 32.2. The fourth-order valence-electron chi connectivity index (χ4n) is 0.918. The molecule has 0 bridgehead atoms. The SMILES string of the molecule is CCC1=CNC(S(=O)(=O)O)NC1=O. The van der Waals surface area contributed by atoms with Crippen LogP contribution in [0.25, 0.3) is 0 Å². The van der Waals surface area contributed by atoms with Gasteiger partial charge in [-0.25, -0.2) is 0 Å². The van der Waals surface area contributed by atoms with Crippen molar-refractivity contribution in [2.75, 3.05) is 0 Å². The molecule has 1 aliphatic heterocycles. The Kier molecular flexibility index (Phi) is 2.58. The number of rotatable bonds is 2. The summed E-state index contributed by atoms with van der Waals surface area (Å²) in [6.07, 6.45) is 1.79. The van der Waals surface area contributed by atoms with Crippen LogP contribution in [0.5, 0.6) is 0 Å². The summed E-state index contributed by atoms with van der Waals surface area (Å²) in [5.41, 5.74) is -0.991. The van der Waals surface area contributed by atoms with Gasteiger partial charge in [-0.3, -0.25) is 9.35 Å². The molecule has 1 unspecified atom stereocenters. The van der Waals surface area contributed by atoms with Crippen molar-refractivity contribution in [3.05, 3.63) is 11.8 Å². The summed E-state index contributed by atoms with van der Waals surface area (Å²) in [6, 6.07) is 0. The predicted octanol–water partition coefficient (Wildman–Crippen LogP) is -0.829. The van der Waals surface area contributed by atoms with Gasteiger partial charge in [0.15, 0.2) is 0 Å². The third-order valence-corrected chi connectivity index (χ3v) is 2.49. The first-order chi connectivity index (χ1) is 5.95. The van der Waals surface area contributed by atoms with E-state index in [2.05, 4.69) is 10.6 Å². The van der Waals surface area contributed by atoms with Gasteiger partial charge >= 0.3 is 10.1 Å². The highest BCUT2D eigenvalue weighted by Gasteiger charge is 2.28. The highest BCUT2D eigenvalue weighted by molar-refractivity contribution is 7.86. The second-order valence-electron chi connectivity index (χ2n) is 2.56. The van der Waals surface area contributed by atoms with E-state index in [1.54, 1.807) is 6.92 Å². The van der Waals surface area contributed by atoms with E-state index >= 15 is 0 Å². The van der Waals surface area contributed by atoms with Gasteiger partial charge in [-0.05, 0) is 6.42 Å². The van der Waals surface area contributed by atoms with Gasteiger partial charge in [0.1, 0.15) is 0 Å². The Labute approximate surface area is 75.8 Å². The maximum absolute atomic E-state index is 11.1. The first kappa shape index (κ1) is 10.0. The number of carbonyl (C=O) groups is 1. The van der Waals surface area contributed by atoms with Gasteiger partial charge in [0.2, 0.25) is 5.50 Å². The van der Waals surface area contributed by atoms with Crippen LogP contribution < -0.4 is 10.6 Å². The van der Waals surface area contributed by atoms with E-state index in [9.17, 15) is 13.2 Å². The topological polar surface area (TPSA) is 95.5 Å². The number of carbonyl (C=O) groups excluding carboxylic acids is 1. The van der Waals surface area contributed by atoms with E-state index in [4.69, 9.17) is 4.55 Å². The number of nitrogens with one attached hydrogen (secondary N) is 2. The summed E-state index contributed by atoms with van der Waals surface area (Å²) < 4.78 is 29.7. The van der Waals surface area contributed by atoms with Crippen molar-refractivity contribution >= 4 is 16.0 Å². The van der Waals surface area contributed by atoms with Crippen LogP contribution in [-0.4, -0.2) is 24.4 Å². The normalized spacial score (nSPS) is 23.1. The Morgan fingerprint density at radius 2 is 2.23 bits per heavy atom. The van der Waals surface area contributed by atoms with Crippen molar-refractivity contribution < 1.29 is 17.8 Å². The summed E-state index contributed by atoms with van der Waals surface area (Å²) in [5, 5.41) is 4.46. The summed E-state index contributed by atoms with van der Waals surface area (Å²) in [7, 11) is -4.28. The monoisotopic (exact) mass is 206 g/mol. The van der Waals surface area contributed by atoms with E-state index in [1.807, 2.05) is 0 Å². The van der Waals surface area contributed by atoms with Crippen molar-refractivity contribution in [2.24, 2.45) is 0 Å². The van der Waals surface area contributed by atoms with Gasteiger partial charge in [0.05, 0.1) is 0 Å². The molecule has 0 radical (unpaired) electrons. The van der Waals surface area contributed by atoms with Crippen LogP contribution in [0.3, 0.4) is 0 Å². The predicted molar refractivity (Wildman–Crippen MR) is 45.0 cm³/mol. The molecule has 1 amide bonds. The van der Waals surface area contributed by atoms with Crippen LogP contribution >= 0.6 is 0 Å². The number of hydrogen-bond donors (Lipinski definition) is 3. The van der Waals surface area contributed by atoms with E-state index in [1.165, 1.54) is 6.20 Å². The van der Waals surface area contributed by atoms with E-state index in [0.29, 0.717) is 12.0 Å². The lowest BCUT2D eigenvalue weighted by Crippen LogP contribution is -2.52. The Balaban J connectivity index is 2.84. The average Bonchev–Trinajstić information content (AvgIpc) is 2.02. The quantitative estimate of drug-likeness (QED) is 0.512. The van der Waals surface area contributed by atoms with E-state index < -0.39 is 21.5 Å². The molecule has 1 rings (SSSR count). The lowest BCUT2D eigenvalue weighted by molar-refractivity contribution is -0.118. The van der Waals surface area contributed by atoms with Crippen molar-refractivity contribution in [3.8, 4) is 0 Å². The molecule has 7 heteroatoms. The minimum atomic E-state index is -4.28. The second-order valence-corrected chi connectivity index (χ2v) is 4.06. The first-order valence-corrected chi connectivity index (χ1v) is 5.17. The van der Waals surface area contributed by atoms with Crippen molar-refractivity contribution in [2.45, 2.75) is 18.8 Å². The van der Waals surface area contributed by atoms with E-state index in [0.717, 1.165) is 0 Å². The minimum Gasteiger partial charge on any atom is -0.356 e. The summed E-state index contributed by atoms with van der Waals surface area (Å²) in [5.74, 6) is -0.483. The van der Waals surface area contributed by atoms with Crippen LogP contribution in [0.1, 0.15) is 13.3 Å². The third-order valence-electron chi connectivity index (χ3n) is 1.64. The summed E-state index contributed by atoms with van der Waals surface area (Å²) in [6.45, 7) is 1.76. The molecular formula is C6H10N2O4S. The van der Waals surface area contributed by atoms with Gasteiger partial charge in [-0.15, -0.1) is 0 Å². The molecule has 13 heavy (non-hydrogen) atoms. The standard InChI is InChI=1S/C6H10N2O4S/c1-2-4-3-7-6(8-5(4)9)13(10,11)12/h3,6-7H,2H2,1H3,(H,8,9)(H,10,11,12). The smallest absolute Gasteiger partial charge is 0.305 e. The molecule has 1 heterocycles.